The number of benzene rings is 1. The zero-order valence-corrected chi connectivity index (χ0v) is 11.3. The number of anilines is 2. The van der Waals surface area contributed by atoms with Crippen LogP contribution in [0.3, 0.4) is 0 Å². The van der Waals surface area contributed by atoms with Crippen molar-refractivity contribution in [1.29, 1.82) is 0 Å². The Balaban J connectivity index is 2.40. The van der Waals surface area contributed by atoms with Crippen molar-refractivity contribution >= 4 is 23.2 Å². The maximum Gasteiger partial charge on any atom is 0.244 e. The zero-order valence-electron chi connectivity index (χ0n) is 11.3. The lowest BCUT2D eigenvalue weighted by Gasteiger charge is -2.36. The molecule has 2 amide bonds. The molecule has 0 bridgehead atoms. The van der Waals surface area contributed by atoms with Crippen LogP contribution in [0.5, 0.6) is 0 Å². The number of para-hydroxylation sites is 2. The Labute approximate surface area is 112 Å². The van der Waals surface area contributed by atoms with E-state index in [-0.39, 0.29) is 24.9 Å². The van der Waals surface area contributed by atoms with Crippen molar-refractivity contribution in [3.63, 3.8) is 0 Å². The van der Waals surface area contributed by atoms with Gasteiger partial charge in [-0.25, -0.2) is 0 Å². The molecule has 5 nitrogen and oxygen atoms in total. The van der Waals surface area contributed by atoms with Gasteiger partial charge in [-0.05, 0) is 25.5 Å². The number of amides is 2. The van der Waals surface area contributed by atoms with Crippen molar-refractivity contribution < 1.29 is 9.59 Å². The second kappa shape index (κ2) is 5.01. The van der Waals surface area contributed by atoms with E-state index in [0.29, 0.717) is 12.1 Å². The van der Waals surface area contributed by atoms with E-state index in [1.165, 1.54) is 4.90 Å². The van der Waals surface area contributed by atoms with Gasteiger partial charge in [0, 0.05) is 6.54 Å². The number of hydrogen-bond acceptors (Lipinski definition) is 3. The number of carbonyl (C=O) groups is 2. The molecule has 1 heterocycles. The highest BCUT2D eigenvalue weighted by Crippen LogP contribution is 2.33. The first-order valence-electron chi connectivity index (χ1n) is 6.43. The SMILES string of the molecule is CCC(C)(CN)C(=O)N1CC(=O)Nc2ccccc21. The van der Waals surface area contributed by atoms with E-state index in [9.17, 15) is 9.59 Å². The van der Waals surface area contributed by atoms with Crippen LogP contribution in [0.2, 0.25) is 0 Å². The van der Waals surface area contributed by atoms with Crippen LogP contribution in [-0.2, 0) is 9.59 Å². The molecule has 0 fully saturated rings. The molecule has 0 spiro atoms. The number of carbonyl (C=O) groups excluding carboxylic acids is 2. The van der Waals surface area contributed by atoms with Crippen molar-refractivity contribution in [2.75, 3.05) is 23.3 Å². The largest absolute Gasteiger partial charge is 0.329 e. The van der Waals surface area contributed by atoms with Gasteiger partial charge >= 0.3 is 0 Å². The van der Waals surface area contributed by atoms with Crippen LogP contribution < -0.4 is 16.0 Å². The minimum Gasteiger partial charge on any atom is -0.329 e. The number of hydrogen-bond donors (Lipinski definition) is 2. The summed E-state index contributed by atoms with van der Waals surface area (Å²) >= 11 is 0. The predicted octanol–water partition coefficient (Wildman–Crippen LogP) is 1.35. The van der Waals surface area contributed by atoms with Gasteiger partial charge < -0.3 is 16.0 Å². The van der Waals surface area contributed by atoms with Crippen LogP contribution >= 0.6 is 0 Å². The fraction of sp³-hybridized carbons (Fsp3) is 0.429. The van der Waals surface area contributed by atoms with Crippen LogP contribution in [0, 0.1) is 5.41 Å². The molecule has 2 rings (SSSR count). The average molecular weight is 261 g/mol. The molecule has 1 aliphatic rings. The summed E-state index contributed by atoms with van der Waals surface area (Å²) in [6.45, 7) is 4.08. The van der Waals surface area contributed by atoms with Gasteiger partial charge in [0.25, 0.3) is 0 Å². The van der Waals surface area contributed by atoms with E-state index in [2.05, 4.69) is 5.32 Å². The van der Waals surface area contributed by atoms with E-state index < -0.39 is 5.41 Å². The lowest BCUT2D eigenvalue weighted by Crippen LogP contribution is -2.50. The molecule has 1 unspecified atom stereocenters. The number of fused-ring (bicyclic) bond motifs is 1. The first-order valence-corrected chi connectivity index (χ1v) is 6.43. The van der Waals surface area contributed by atoms with E-state index >= 15 is 0 Å². The highest BCUT2D eigenvalue weighted by atomic mass is 16.2. The van der Waals surface area contributed by atoms with Crippen molar-refractivity contribution in [2.24, 2.45) is 11.1 Å². The van der Waals surface area contributed by atoms with Gasteiger partial charge in [-0.15, -0.1) is 0 Å². The monoisotopic (exact) mass is 261 g/mol. The van der Waals surface area contributed by atoms with Gasteiger partial charge in [0.2, 0.25) is 11.8 Å². The first kappa shape index (κ1) is 13.5. The zero-order chi connectivity index (χ0) is 14.0. The predicted molar refractivity (Wildman–Crippen MR) is 74.9 cm³/mol. The van der Waals surface area contributed by atoms with Gasteiger partial charge in [0.1, 0.15) is 6.54 Å². The maximum absolute atomic E-state index is 12.7. The topological polar surface area (TPSA) is 75.4 Å². The van der Waals surface area contributed by atoms with E-state index in [0.717, 1.165) is 5.69 Å². The first-order chi connectivity index (χ1) is 9.01. The summed E-state index contributed by atoms with van der Waals surface area (Å²) in [7, 11) is 0. The lowest BCUT2D eigenvalue weighted by molar-refractivity contribution is -0.128. The van der Waals surface area contributed by atoms with Crippen molar-refractivity contribution in [3.8, 4) is 0 Å². The minimum absolute atomic E-state index is 0.0471. The minimum atomic E-state index is -0.634. The molecular formula is C14H19N3O2. The molecule has 0 radical (unpaired) electrons. The lowest BCUT2D eigenvalue weighted by atomic mass is 9.85. The number of nitrogens with two attached hydrogens (primary N) is 1. The molecule has 1 aliphatic heterocycles. The molecule has 3 N–H and O–H groups in total. The van der Waals surface area contributed by atoms with E-state index in [1.807, 2.05) is 32.0 Å². The van der Waals surface area contributed by atoms with E-state index in [4.69, 9.17) is 5.73 Å². The summed E-state index contributed by atoms with van der Waals surface area (Å²) in [4.78, 5) is 25.9. The quantitative estimate of drug-likeness (QED) is 0.862. The summed E-state index contributed by atoms with van der Waals surface area (Å²) in [5.41, 5.74) is 6.50. The van der Waals surface area contributed by atoms with Crippen molar-refractivity contribution in [2.45, 2.75) is 20.3 Å². The van der Waals surface area contributed by atoms with Gasteiger partial charge in [-0.1, -0.05) is 19.1 Å². The molecule has 1 aromatic rings. The highest BCUT2D eigenvalue weighted by molar-refractivity contribution is 6.11. The van der Waals surface area contributed by atoms with Crippen molar-refractivity contribution in [3.05, 3.63) is 24.3 Å². The van der Waals surface area contributed by atoms with Gasteiger partial charge in [-0.2, -0.15) is 0 Å². The molecule has 0 saturated carbocycles. The third-order valence-electron chi connectivity index (χ3n) is 3.76. The summed E-state index contributed by atoms with van der Waals surface area (Å²) < 4.78 is 0. The molecule has 1 aromatic carbocycles. The van der Waals surface area contributed by atoms with Crippen LogP contribution in [0.25, 0.3) is 0 Å². The number of nitrogens with one attached hydrogen (secondary N) is 1. The number of nitrogens with zero attached hydrogens (tertiary/aromatic N) is 1. The van der Waals surface area contributed by atoms with Crippen LogP contribution in [-0.4, -0.2) is 24.9 Å². The smallest absolute Gasteiger partial charge is 0.244 e. The Morgan fingerprint density at radius 1 is 1.47 bits per heavy atom. The normalized spacial score (nSPS) is 17.4. The molecule has 0 saturated heterocycles. The molecule has 0 aromatic heterocycles. The Kier molecular flexibility index (Phi) is 3.57. The summed E-state index contributed by atoms with van der Waals surface area (Å²) in [6, 6.07) is 7.30. The van der Waals surface area contributed by atoms with Crippen LogP contribution in [0.15, 0.2) is 24.3 Å². The summed E-state index contributed by atoms with van der Waals surface area (Å²) in [6.07, 6.45) is 0.641. The second-order valence-corrected chi connectivity index (χ2v) is 5.07. The Morgan fingerprint density at radius 3 is 2.79 bits per heavy atom. The van der Waals surface area contributed by atoms with Gasteiger partial charge in [0.05, 0.1) is 16.8 Å². The standard InChI is InChI=1S/C14H19N3O2/c1-3-14(2,9-15)13(19)17-8-12(18)16-10-6-4-5-7-11(10)17/h4-7H,3,8-9,15H2,1-2H3,(H,16,18). The molecule has 102 valence electrons. The maximum atomic E-state index is 12.7. The fourth-order valence-corrected chi connectivity index (χ4v) is 2.12. The third kappa shape index (κ3) is 2.33. The molecule has 19 heavy (non-hydrogen) atoms. The van der Waals surface area contributed by atoms with Crippen LogP contribution in [0.1, 0.15) is 20.3 Å². The molecular weight excluding hydrogens is 242 g/mol. The Morgan fingerprint density at radius 2 is 2.16 bits per heavy atom. The van der Waals surface area contributed by atoms with Gasteiger partial charge in [-0.3, -0.25) is 9.59 Å². The summed E-state index contributed by atoms with van der Waals surface area (Å²) in [5.74, 6) is -0.276. The number of rotatable bonds is 3. The molecule has 1 atom stereocenters. The Bertz CT molecular complexity index is 509. The highest BCUT2D eigenvalue weighted by Gasteiger charge is 2.37. The summed E-state index contributed by atoms with van der Waals surface area (Å²) in [5, 5.41) is 2.77. The third-order valence-corrected chi connectivity index (χ3v) is 3.76. The van der Waals surface area contributed by atoms with Gasteiger partial charge in [0.15, 0.2) is 0 Å². The fourth-order valence-electron chi connectivity index (χ4n) is 2.12. The second-order valence-electron chi connectivity index (χ2n) is 5.07. The Hall–Kier alpha value is -1.88. The molecule has 0 aliphatic carbocycles. The molecule has 5 heteroatoms. The van der Waals surface area contributed by atoms with E-state index in [1.54, 1.807) is 6.07 Å². The van der Waals surface area contributed by atoms with Crippen molar-refractivity contribution in [1.82, 2.24) is 0 Å². The average Bonchev–Trinajstić information content (AvgIpc) is 2.44. The van der Waals surface area contributed by atoms with Crippen LogP contribution in [0.4, 0.5) is 11.4 Å².